The van der Waals surface area contributed by atoms with E-state index >= 15 is 0 Å². The first-order chi connectivity index (χ1) is 10.2. The summed E-state index contributed by atoms with van der Waals surface area (Å²) in [6.45, 7) is 2.87. The molecule has 0 unspecified atom stereocenters. The molecule has 2 aromatic rings. The molecule has 0 fully saturated rings. The zero-order valence-corrected chi connectivity index (χ0v) is 12.0. The van der Waals surface area contributed by atoms with Crippen LogP contribution in [0.5, 0.6) is 0 Å². The van der Waals surface area contributed by atoms with Crippen molar-refractivity contribution in [2.75, 3.05) is 0 Å². The number of hydrogen-bond acceptors (Lipinski definition) is 3. The van der Waals surface area contributed by atoms with Crippen LogP contribution >= 0.6 is 0 Å². The second-order valence-corrected chi connectivity index (χ2v) is 4.79. The van der Waals surface area contributed by atoms with Gasteiger partial charge in [-0.05, 0) is 30.2 Å². The number of hydrogen-bond donors (Lipinski definition) is 0. The Bertz CT molecular complexity index is 617. The van der Waals surface area contributed by atoms with Crippen LogP contribution in [0.25, 0.3) is 12.2 Å². The van der Waals surface area contributed by atoms with Gasteiger partial charge in [-0.15, -0.1) is 5.10 Å². The van der Waals surface area contributed by atoms with Crippen LogP contribution < -0.4 is 0 Å². The number of carbonyl (C=O) groups excluding carboxylic acids is 1. The molecule has 0 saturated carbocycles. The van der Waals surface area contributed by atoms with Crippen LogP contribution in [0, 0.1) is 5.82 Å². The largest absolute Gasteiger partial charge is 0.296 e. The van der Waals surface area contributed by atoms with Crippen molar-refractivity contribution in [2.24, 2.45) is 0 Å². The van der Waals surface area contributed by atoms with Crippen LogP contribution in [0.15, 0.2) is 24.3 Å². The van der Waals surface area contributed by atoms with Crippen molar-refractivity contribution < 1.29 is 9.18 Å². The van der Waals surface area contributed by atoms with Gasteiger partial charge in [0.25, 0.3) is 0 Å². The van der Waals surface area contributed by atoms with E-state index in [1.807, 2.05) is 6.08 Å². The van der Waals surface area contributed by atoms with Gasteiger partial charge in [0.2, 0.25) is 0 Å². The maximum atomic E-state index is 12.9. The first-order valence-electron chi connectivity index (χ1n) is 7.07. The average molecular weight is 287 g/mol. The summed E-state index contributed by atoms with van der Waals surface area (Å²) in [7, 11) is 0. The SMILES string of the molecule is CCCCCn1nnc(C=O)c1/C=C/c1ccc(F)cc1. The molecule has 110 valence electrons. The highest BCUT2D eigenvalue weighted by Crippen LogP contribution is 2.12. The van der Waals surface area contributed by atoms with E-state index in [2.05, 4.69) is 17.2 Å². The smallest absolute Gasteiger partial charge is 0.172 e. The molecule has 1 aromatic carbocycles. The van der Waals surface area contributed by atoms with Gasteiger partial charge in [-0.3, -0.25) is 4.79 Å². The third-order valence-corrected chi connectivity index (χ3v) is 3.19. The number of halogens is 1. The number of unbranched alkanes of at least 4 members (excludes halogenated alkanes) is 2. The molecule has 0 saturated heterocycles. The van der Waals surface area contributed by atoms with Crippen LogP contribution in [0.3, 0.4) is 0 Å². The lowest BCUT2D eigenvalue weighted by atomic mass is 10.2. The third-order valence-electron chi connectivity index (χ3n) is 3.19. The van der Waals surface area contributed by atoms with Crippen LogP contribution in [0.4, 0.5) is 4.39 Å². The molecule has 1 heterocycles. The number of aromatic nitrogens is 3. The van der Waals surface area contributed by atoms with Crippen LogP contribution in [0.1, 0.15) is 47.9 Å². The van der Waals surface area contributed by atoms with E-state index in [1.54, 1.807) is 22.9 Å². The van der Waals surface area contributed by atoms with Crippen LogP contribution in [0.2, 0.25) is 0 Å². The van der Waals surface area contributed by atoms with Crippen molar-refractivity contribution in [3.8, 4) is 0 Å². The lowest BCUT2D eigenvalue weighted by Gasteiger charge is -2.02. The summed E-state index contributed by atoms with van der Waals surface area (Å²) in [6, 6.07) is 6.16. The van der Waals surface area contributed by atoms with Crippen molar-refractivity contribution in [3.05, 3.63) is 47.0 Å². The molecular formula is C16H18FN3O. The van der Waals surface area contributed by atoms with Crippen LogP contribution in [-0.4, -0.2) is 21.3 Å². The molecule has 0 aliphatic heterocycles. The summed E-state index contributed by atoms with van der Waals surface area (Å²) in [5, 5.41) is 7.88. The monoisotopic (exact) mass is 287 g/mol. The zero-order valence-electron chi connectivity index (χ0n) is 12.0. The molecule has 0 N–H and O–H groups in total. The topological polar surface area (TPSA) is 47.8 Å². The minimum absolute atomic E-state index is 0.271. The fraction of sp³-hybridized carbons (Fsp3) is 0.312. The standard InChI is InChI=1S/C16H18FN3O/c1-2-3-4-11-20-16(15(12-21)18-19-20)10-7-13-5-8-14(17)9-6-13/h5-10,12H,2-4,11H2,1H3/b10-7+. The summed E-state index contributed by atoms with van der Waals surface area (Å²) >= 11 is 0. The summed E-state index contributed by atoms with van der Waals surface area (Å²) in [5.74, 6) is -0.271. The third kappa shape index (κ3) is 4.08. The maximum Gasteiger partial charge on any atom is 0.172 e. The van der Waals surface area contributed by atoms with Crippen molar-refractivity contribution in [1.82, 2.24) is 15.0 Å². The molecule has 1 aromatic heterocycles. The summed E-state index contributed by atoms with van der Waals surface area (Å²) < 4.78 is 14.6. The van der Waals surface area contributed by atoms with Crippen LogP contribution in [-0.2, 0) is 6.54 Å². The first-order valence-corrected chi connectivity index (χ1v) is 7.07. The molecule has 0 amide bonds. The Kier molecular flexibility index (Phi) is 5.37. The second kappa shape index (κ2) is 7.47. The van der Waals surface area contributed by atoms with E-state index < -0.39 is 0 Å². The first kappa shape index (κ1) is 15.1. The normalized spacial score (nSPS) is 11.1. The van der Waals surface area contributed by atoms with E-state index in [9.17, 15) is 9.18 Å². The molecule has 5 heteroatoms. The van der Waals surface area contributed by atoms with E-state index in [0.29, 0.717) is 17.7 Å². The highest BCUT2D eigenvalue weighted by molar-refractivity contribution is 5.81. The van der Waals surface area contributed by atoms with E-state index in [0.717, 1.165) is 31.4 Å². The van der Waals surface area contributed by atoms with Crippen molar-refractivity contribution >= 4 is 18.4 Å². The van der Waals surface area contributed by atoms with Gasteiger partial charge >= 0.3 is 0 Å². The summed E-state index contributed by atoms with van der Waals surface area (Å²) in [5.41, 5.74) is 1.87. The Morgan fingerprint density at radius 1 is 1.19 bits per heavy atom. The number of aldehydes is 1. The molecule has 0 aliphatic carbocycles. The molecule has 0 atom stereocenters. The fourth-order valence-electron chi connectivity index (χ4n) is 2.01. The quantitative estimate of drug-likeness (QED) is 0.577. The number of carbonyl (C=O) groups is 1. The number of rotatable bonds is 7. The summed E-state index contributed by atoms with van der Waals surface area (Å²) in [4.78, 5) is 11.0. The molecule has 0 spiro atoms. The van der Waals surface area contributed by atoms with Gasteiger partial charge < -0.3 is 0 Å². The number of nitrogens with zero attached hydrogens (tertiary/aromatic N) is 3. The molecule has 4 nitrogen and oxygen atoms in total. The van der Waals surface area contributed by atoms with Gasteiger partial charge in [-0.2, -0.15) is 0 Å². The lowest BCUT2D eigenvalue weighted by Crippen LogP contribution is -2.03. The Morgan fingerprint density at radius 2 is 1.95 bits per heavy atom. The van der Waals surface area contributed by atoms with Crippen molar-refractivity contribution in [2.45, 2.75) is 32.7 Å². The predicted molar refractivity (Wildman–Crippen MR) is 80.3 cm³/mol. The number of benzene rings is 1. The minimum atomic E-state index is -0.271. The van der Waals surface area contributed by atoms with Crippen molar-refractivity contribution in [1.29, 1.82) is 0 Å². The zero-order chi connectivity index (χ0) is 15.1. The van der Waals surface area contributed by atoms with Gasteiger partial charge in [0, 0.05) is 6.54 Å². The van der Waals surface area contributed by atoms with E-state index in [-0.39, 0.29) is 5.82 Å². The Labute approximate surface area is 123 Å². The predicted octanol–water partition coefficient (Wildman–Crippen LogP) is 3.59. The highest BCUT2D eigenvalue weighted by Gasteiger charge is 2.08. The molecule has 21 heavy (non-hydrogen) atoms. The van der Waals surface area contributed by atoms with Crippen molar-refractivity contribution in [3.63, 3.8) is 0 Å². The summed E-state index contributed by atoms with van der Waals surface area (Å²) in [6.07, 6.45) is 7.54. The lowest BCUT2D eigenvalue weighted by molar-refractivity contribution is 0.111. The Hall–Kier alpha value is -2.30. The van der Waals surface area contributed by atoms with Gasteiger partial charge in [0.1, 0.15) is 5.82 Å². The molecule has 2 rings (SSSR count). The maximum absolute atomic E-state index is 12.9. The fourth-order valence-corrected chi connectivity index (χ4v) is 2.01. The minimum Gasteiger partial charge on any atom is -0.296 e. The molecular weight excluding hydrogens is 269 g/mol. The second-order valence-electron chi connectivity index (χ2n) is 4.79. The van der Waals surface area contributed by atoms with Gasteiger partial charge in [0.15, 0.2) is 12.0 Å². The number of aryl methyl sites for hydroxylation is 1. The Balaban J connectivity index is 2.18. The van der Waals surface area contributed by atoms with Gasteiger partial charge in [0.05, 0.1) is 5.69 Å². The molecule has 0 radical (unpaired) electrons. The molecule has 0 aliphatic rings. The average Bonchev–Trinajstić information content (AvgIpc) is 2.89. The van der Waals surface area contributed by atoms with Gasteiger partial charge in [-0.1, -0.05) is 43.2 Å². The van der Waals surface area contributed by atoms with E-state index in [1.165, 1.54) is 12.1 Å². The Morgan fingerprint density at radius 3 is 2.62 bits per heavy atom. The molecule has 0 bridgehead atoms. The highest BCUT2D eigenvalue weighted by atomic mass is 19.1. The van der Waals surface area contributed by atoms with E-state index in [4.69, 9.17) is 0 Å². The van der Waals surface area contributed by atoms with Gasteiger partial charge in [-0.25, -0.2) is 9.07 Å².